The number of aromatic nitrogens is 1. The molecule has 0 aliphatic carbocycles. The molecular formula is C13H19BrN2O2. The van der Waals surface area contributed by atoms with Gasteiger partial charge in [-0.2, -0.15) is 0 Å². The number of ether oxygens (including phenoxy) is 1. The monoisotopic (exact) mass is 314 g/mol. The van der Waals surface area contributed by atoms with Crippen LogP contribution in [-0.4, -0.2) is 24.6 Å². The number of unbranched alkanes of at least 4 members (excludes halogenated alkanes) is 3. The second kappa shape index (κ2) is 8.91. The number of hydrogen-bond donors (Lipinski definition) is 1. The number of nitrogens with one attached hydrogen (secondary N) is 1. The number of carbonyl (C=O) groups is 1. The minimum atomic E-state index is -0.118. The van der Waals surface area contributed by atoms with Crippen molar-refractivity contribution >= 4 is 27.7 Å². The van der Waals surface area contributed by atoms with Gasteiger partial charge in [0.25, 0.3) is 0 Å². The lowest BCUT2D eigenvalue weighted by molar-refractivity contribution is -0.140. The van der Waals surface area contributed by atoms with Gasteiger partial charge in [0.1, 0.15) is 5.82 Å². The summed E-state index contributed by atoms with van der Waals surface area (Å²) >= 11 is 3.35. The van der Waals surface area contributed by atoms with E-state index in [-0.39, 0.29) is 5.97 Å². The number of esters is 1. The van der Waals surface area contributed by atoms with E-state index in [4.69, 9.17) is 0 Å². The minimum absolute atomic E-state index is 0.118. The highest BCUT2D eigenvalue weighted by Gasteiger charge is 1.99. The molecule has 1 N–H and O–H groups in total. The maximum absolute atomic E-state index is 10.9. The summed E-state index contributed by atoms with van der Waals surface area (Å²) in [7, 11) is 1.43. The summed E-state index contributed by atoms with van der Waals surface area (Å²) < 4.78 is 5.56. The summed E-state index contributed by atoms with van der Waals surface area (Å²) in [5.41, 5.74) is 0. The number of anilines is 1. The normalized spacial score (nSPS) is 10.1. The van der Waals surface area contributed by atoms with Gasteiger partial charge in [-0.3, -0.25) is 4.79 Å². The van der Waals surface area contributed by atoms with Crippen molar-refractivity contribution < 1.29 is 9.53 Å². The SMILES string of the molecule is COC(=O)CCCCCCNc1ccc(Br)cn1. The molecule has 5 heteroatoms. The quantitative estimate of drug-likeness (QED) is 0.590. The summed E-state index contributed by atoms with van der Waals surface area (Å²) in [6, 6.07) is 3.91. The Morgan fingerprint density at radius 3 is 2.78 bits per heavy atom. The highest BCUT2D eigenvalue weighted by atomic mass is 79.9. The molecule has 0 unspecified atom stereocenters. The van der Waals surface area contributed by atoms with Crippen LogP contribution in [-0.2, 0) is 9.53 Å². The summed E-state index contributed by atoms with van der Waals surface area (Å²) in [5.74, 6) is 0.778. The number of halogens is 1. The molecule has 0 atom stereocenters. The topological polar surface area (TPSA) is 51.2 Å². The maximum atomic E-state index is 10.9. The molecule has 1 heterocycles. The van der Waals surface area contributed by atoms with Gasteiger partial charge >= 0.3 is 5.97 Å². The van der Waals surface area contributed by atoms with Crippen molar-refractivity contribution in [3.05, 3.63) is 22.8 Å². The first-order chi connectivity index (χ1) is 8.72. The van der Waals surface area contributed by atoms with E-state index >= 15 is 0 Å². The zero-order valence-electron chi connectivity index (χ0n) is 10.6. The van der Waals surface area contributed by atoms with Gasteiger partial charge in [0, 0.05) is 23.6 Å². The standard InChI is InChI=1S/C13H19BrN2O2/c1-18-13(17)6-4-2-3-5-9-15-12-8-7-11(14)10-16-12/h7-8,10H,2-6,9H2,1H3,(H,15,16). The molecule has 0 bridgehead atoms. The Labute approximate surface area is 116 Å². The number of hydrogen-bond acceptors (Lipinski definition) is 4. The van der Waals surface area contributed by atoms with E-state index in [1.165, 1.54) is 7.11 Å². The number of methoxy groups -OCH3 is 1. The summed E-state index contributed by atoms with van der Waals surface area (Å²) in [5, 5.41) is 3.26. The molecule has 0 saturated carbocycles. The first kappa shape index (κ1) is 15.0. The maximum Gasteiger partial charge on any atom is 0.305 e. The molecule has 0 amide bonds. The molecule has 18 heavy (non-hydrogen) atoms. The molecular weight excluding hydrogens is 296 g/mol. The summed E-state index contributed by atoms with van der Waals surface area (Å²) in [6.07, 6.45) is 6.46. The fraction of sp³-hybridized carbons (Fsp3) is 0.538. The van der Waals surface area contributed by atoms with Crippen molar-refractivity contribution in [1.29, 1.82) is 0 Å². The van der Waals surface area contributed by atoms with Crippen molar-refractivity contribution in [1.82, 2.24) is 4.98 Å². The number of pyridine rings is 1. The highest BCUT2D eigenvalue weighted by Crippen LogP contribution is 2.11. The van der Waals surface area contributed by atoms with Crippen molar-refractivity contribution in [3.8, 4) is 0 Å². The molecule has 0 spiro atoms. The summed E-state index contributed by atoms with van der Waals surface area (Å²) in [4.78, 5) is 15.1. The Balaban J connectivity index is 1.99. The Hall–Kier alpha value is -1.10. The van der Waals surface area contributed by atoms with Crippen molar-refractivity contribution in [2.24, 2.45) is 0 Å². The van der Waals surface area contributed by atoms with Gasteiger partial charge in [-0.25, -0.2) is 4.98 Å². The number of rotatable bonds is 8. The lowest BCUT2D eigenvalue weighted by Crippen LogP contribution is -2.03. The van der Waals surface area contributed by atoms with Crippen LogP contribution in [0.1, 0.15) is 32.1 Å². The molecule has 1 rings (SSSR count). The molecule has 1 aromatic rings. The van der Waals surface area contributed by atoms with Crippen LogP contribution in [0.15, 0.2) is 22.8 Å². The van der Waals surface area contributed by atoms with E-state index in [0.717, 1.165) is 42.5 Å². The van der Waals surface area contributed by atoms with Crippen LogP contribution >= 0.6 is 15.9 Å². The van der Waals surface area contributed by atoms with Crippen LogP contribution in [0.5, 0.6) is 0 Å². The molecule has 1 aromatic heterocycles. The molecule has 0 radical (unpaired) electrons. The number of carbonyl (C=O) groups excluding carboxylic acids is 1. The molecule has 100 valence electrons. The second-order valence-electron chi connectivity index (χ2n) is 4.03. The van der Waals surface area contributed by atoms with Crippen LogP contribution < -0.4 is 5.32 Å². The zero-order valence-corrected chi connectivity index (χ0v) is 12.2. The zero-order chi connectivity index (χ0) is 13.2. The molecule has 0 aliphatic rings. The van der Waals surface area contributed by atoms with E-state index < -0.39 is 0 Å². The smallest absolute Gasteiger partial charge is 0.305 e. The molecule has 0 aromatic carbocycles. The van der Waals surface area contributed by atoms with Crippen molar-refractivity contribution in [2.45, 2.75) is 32.1 Å². The summed E-state index contributed by atoms with van der Waals surface area (Å²) in [6.45, 7) is 0.910. The van der Waals surface area contributed by atoms with Gasteiger partial charge in [-0.15, -0.1) is 0 Å². The molecule has 4 nitrogen and oxygen atoms in total. The van der Waals surface area contributed by atoms with E-state index in [2.05, 4.69) is 31.0 Å². The molecule has 0 fully saturated rings. The van der Waals surface area contributed by atoms with Gasteiger partial charge in [-0.05, 0) is 40.9 Å². The van der Waals surface area contributed by atoms with Gasteiger partial charge in [0.15, 0.2) is 0 Å². The van der Waals surface area contributed by atoms with Crippen molar-refractivity contribution in [2.75, 3.05) is 19.0 Å². The van der Waals surface area contributed by atoms with Crippen LogP contribution in [0.3, 0.4) is 0 Å². The lowest BCUT2D eigenvalue weighted by Gasteiger charge is -2.05. The second-order valence-corrected chi connectivity index (χ2v) is 4.94. The molecule has 0 aliphatic heterocycles. The average molecular weight is 315 g/mol. The van der Waals surface area contributed by atoms with E-state index in [1.54, 1.807) is 6.20 Å². The van der Waals surface area contributed by atoms with Crippen molar-refractivity contribution in [3.63, 3.8) is 0 Å². The lowest BCUT2D eigenvalue weighted by atomic mass is 10.1. The van der Waals surface area contributed by atoms with Crippen LogP contribution in [0.2, 0.25) is 0 Å². The minimum Gasteiger partial charge on any atom is -0.469 e. The first-order valence-electron chi connectivity index (χ1n) is 6.14. The third kappa shape index (κ3) is 6.59. The van der Waals surface area contributed by atoms with Crippen LogP contribution in [0.25, 0.3) is 0 Å². The highest BCUT2D eigenvalue weighted by molar-refractivity contribution is 9.10. The van der Waals surface area contributed by atoms with Crippen LogP contribution in [0.4, 0.5) is 5.82 Å². The average Bonchev–Trinajstić information content (AvgIpc) is 2.39. The third-order valence-electron chi connectivity index (χ3n) is 2.57. The van der Waals surface area contributed by atoms with Gasteiger partial charge < -0.3 is 10.1 Å². The van der Waals surface area contributed by atoms with Gasteiger partial charge in [0.05, 0.1) is 7.11 Å². The fourth-order valence-electron chi connectivity index (χ4n) is 1.55. The Morgan fingerprint density at radius 1 is 1.33 bits per heavy atom. The van der Waals surface area contributed by atoms with E-state index in [1.807, 2.05) is 12.1 Å². The Morgan fingerprint density at radius 2 is 2.11 bits per heavy atom. The van der Waals surface area contributed by atoms with Crippen LogP contribution in [0, 0.1) is 0 Å². The number of nitrogens with zero attached hydrogens (tertiary/aromatic N) is 1. The predicted molar refractivity (Wildman–Crippen MR) is 75.5 cm³/mol. The van der Waals surface area contributed by atoms with Gasteiger partial charge in [-0.1, -0.05) is 12.8 Å². The predicted octanol–water partition coefficient (Wildman–Crippen LogP) is 3.38. The largest absolute Gasteiger partial charge is 0.469 e. The van der Waals surface area contributed by atoms with E-state index in [9.17, 15) is 4.79 Å². The fourth-order valence-corrected chi connectivity index (χ4v) is 1.78. The Bertz CT molecular complexity index is 355. The Kier molecular flexibility index (Phi) is 7.41. The third-order valence-corrected chi connectivity index (χ3v) is 3.04. The van der Waals surface area contributed by atoms with E-state index in [0.29, 0.717) is 6.42 Å². The molecule has 0 saturated heterocycles. The first-order valence-corrected chi connectivity index (χ1v) is 6.94. The van der Waals surface area contributed by atoms with Gasteiger partial charge in [0.2, 0.25) is 0 Å².